The maximum Gasteiger partial charge on any atom is 0.193 e. The molecule has 1 unspecified atom stereocenters. The van der Waals surface area contributed by atoms with Crippen molar-refractivity contribution in [2.45, 2.75) is 32.8 Å². The molecule has 0 saturated carbocycles. The number of ether oxygens (including phenoxy) is 2. The average molecular weight is 461 g/mol. The summed E-state index contributed by atoms with van der Waals surface area (Å²) in [7, 11) is 3.92. The second kappa shape index (κ2) is 11.6. The van der Waals surface area contributed by atoms with Gasteiger partial charge in [0.2, 0.25) is 0 Å². The molecule has 1 aromatic carbocycles. The van der Waals surface area contributed by atoms with Crippen LogP contribution < -0.4 is 10.1 Å². The highest BCUT2D eigenvalue weighted by Crippen LogP contribution is 2.14. The van der Waals surface area contributed by atoms with Gasteiger partial charge in [0.25, 0.3) is 0 Å². The highest BCUT2D eigenvalue weighted by atomic mass is 127. The smallest absolute Gasteiger partial charge is 0.193 e. The zero-order valence-electron chi connectivity index (χ0n) is 15.8. The number of hydrogen-bond acceptors (Lipinski definition) is 3. The molecule has 1 aliphatic heterocycles. The predicted octanol–water partition coefficient (Wildman–Crippen LogP) is 3.18. The van der Waals surface area contributed by atoms with Crippen LogP contribution in [0.15, 0.2) is 29.3 Å². The van der Waals surface area contributed by atoms with Gasteiger partial charge in [-0.1, -0.05) is 12.1 Å². The van der Waals surface area contributed by atoms with E-state index in [1.807, 2.05) is 33.0 Å². The first-order chi connectivity index (χ1) is 11.6. The molecule has 0 aromatic heterocycles. The molecule has 0 aliphatic carbocycles. The molecule has 1 aliphatic rings. The molecule has 1 aromatic rings. The fourth-order valence-corrected chi connectivity index (χ4v) is 2.91. The highest BCUT2D eigenvalue weighted by Gasteiger charge is 2.18. The van der Waals surface area contributed by atoms with E-state index in [-0.39, 0.29) is 30.1 Å². The second-order valence-corrected chi connectivity index (χ2v) is 6.64. The first-order valence-corrected chi connectivity index (χ1v) is 8.83. The molecule has 0 radical (unpaired) electrons. The van der Waals surface area contributed by atoms with Crippen LogP contribution in [0.4, 0.5) is 0 Å². The largest absolute Gasteiger partial charge is 0.491 e. The molecule has 1 heterocycles. The van der Waals surface area contributed by atoms with Crippen LogP contribution in [0.3, 0.4) is 0 Å². The number of hydrogen-bond donors (Lipinski definition) is 1. The summed E-state index contributed by atoms with van der Waals surface area (Å²) < 4.78 is 11.1. The molecule has 0 bridgehead atoms. The van der Waals surface area contributed by atoms with Gasteiger partial charge in [0, 0.05) is 39.7 Å². The molecule has 1 atom stereocenters. The van der Waals surface area contributed by atoms with Crippen molar-refractivity contribution in [3.05, 3.63) is 29.8 Å². The molecule has 0 amide bonds. The van der Waals surface area contributed by atoms with Crippen molar-refractivity contribution < 1.29 is 9.47 Å². The van der Waals surface area contributed by atoms with E-state index in [4.69, 9.17) is 9.47 Å². The first-order valence-electron chi connectivity index (χ1n) is 8.83. The molecule has 1 N–H and O–H groups in total. The van der Waals surface area contributed by atoms with Gasteiger partial charge < -0.3 is 19.7 Å². The molecule has 0 spiro atoms. The van der Waals surface area contributed by atoms with Gasteiger partial charge in [0.1, 0.15) is 5.75 Å². The van der Waals surface area contributed by atoms with Crippen LogP contribution in [-0.2, 0) is 11.2 Å². The Morgan fingerprint density at radius 3 is 2.64 bits per heavy atom. The van der Waals surface area contributed by atoms with E-state index in [2.05, 4.69) is 34.4 Å². The number of nitrogens with one attached hydrogen (secondary N) is 1. The Balaban J connectivity index is 0.00000312. The lowest BCUT2D eigenvalue weighted by atomic mass is 10.1. The van der Waals surface area contributed by atoms with Crippen molar-refractivity contribution in [2.75, 3.05) is 40.4 Å². The fourth-order valence-electron chi connectivity index (χ4n) is 2.91. The Morgan fingerprint density at radius 1 is 1.36 bits per heavy atom. The van der Waals surface area contributed by atoms with Crippen LogP contribution in [0, 0.1) is 5.92 Å². The zero-order chi connectivity index (χ0) is 17.4. The van der Waals surface area contributed by atoms with E-state index in [0.29, 0.717) is 5.92 Å². The topological polar surface area (TPSA) is 46.1 Å². The van der Waals surface area contributed by atoms with Gasteiger partial charge in [-0.05, 0) is 44.4 Å². The third kappa shape index (κ3) is 7.81. The molecule has 6 heteroatoms. The summed E-state index contributed by atoms with van der Waals surface area (Å²) in [6.45, 7) is 7.69. The number of halogens is 1. The highest BCUT2D eigenvalue weighted by molar-refractivity contribution is 14.0. The quantitative estimate of drug-likeness (QED) is 0.385. The Hall–Kier alpha value is -1.02. The van der Waals surface area contributed by atoms with Crippen LogP contribution in [0.25, 0.3) is 0 Å². The van der Waals surface area contributed by atoms with E-state index in [9.17, 15) is 0 Å². The summed E-state index contributed by atoms with van der Waals surface area (Å²) in [6, 6.07) is 8.33. The number of benzene rings is 1. The Kier molecular flexibility index (Phi) is 10.2. The minimum absolute atomic E-state index is 0. The third-order valence-electron chi connectivity index (χ3n) is 4.12. The fraction of sp³-hybridized carbons (Fsp3) is 0.632. The van der Waals surface area contributed by atoms with Crippen LogP contribution >= 0.6 is 24.0 Å². The molecule has 1 fully saturated rings. The minimum atomic E-state index is 0. The number of nitrogens with zero attached hydrogens (tertiary/aromatic N) is 2. The standard InChI is InChI=1S/C19H31N3O2.HI/c1-15(2)24-18-7-5-16(6-8-18)9-11-21-19(20-3)22(4)13-17-10-12-23-14-17;/h5-8,15,17H,9-14H2,1-4H3,(H,20,21);1H. The molecule has 25 heavy (non-hydrogen) atoms. The van der Waals surface area contributed by atoms with Crippen LogP contribution in [0.1, 0.15) is 25.8 Å². The first kappa shape index (κ1) is 22.0. The Bertz CT molecular complexity index is 514. The van der Waals surface area contributed by atoms with Crippen molar-refractivity contribution in [2.24, 2.45) is 10.9 Å². The van der Waals surface area contributed by atoms with Crippen molar-refractivity contribution in [1.82, 2.24) is 10.2 Å². The van der Waals surface area contributed by atoms with Crippen molar-refractivity contribution >= 4 is 29.9 Å². The lowest BCUT2D eigenvalue weighted by Gasteiger charge is -2.24. The van der Waals surface area contributed by atoms with Gasteiger partial charge in [-0.3, -0.25) is 4.99 Å². The molecule has 5 nitrogen and oxygen atoms in total. The number of rotatable bonds is 7. The lowest BCUT2D eigenvalue weighted by molar-refractivity contribution is 0.181. The second-order valence-electron chi connectivity index (χ2n) is 6.64. The van der Waals surface area contributed by atoms with Gasteiger partial charge in [-0.2, -0.15) is 0 Å². The molecular weight excluding hydrogens is 429 g/mol. The summed E-state index contributed by atoms with van der Waals surface area (Å²) in [5, 5.41) is 3.44. The Labute approximate surface area is 169 Å². The lowest BCUT2D eigenvalue weighted by Crippen LogP contribution is -2.42. The zero-order valence-corrected chi connectivity index (χ0v) is 18.2. The van der Waals surface area contributed by atoms with E-state index in [0.717, 1.165) is 50.9 Å². The summed E-state index contributed by atoms with van der Waals surface area (Å²) in [4.78, 5) is 6.57. The van der Waals surface area contributed by atoms with E-state index in [1.54, 1.807) is 0 Å². The van der Waals surface area contributed by atoms with Crippen molar-refractivity contribution in [3.8, 4) is 5.75 Å². The van der Waals surface area contributed by atoms with Gasteiger partial charge in [-0.25, -0.2) is 0 Å². The van der Waals surface area contributed by atoms with E-state index < -0.39 is 0 Å². The summed E-state index contributed by atoms with van der Waals surface area (Å²) in [6.07, 6.45) is 2.31. The summed E-state index contributed by atoms with van der Waals surface area (Å²) in [5.41, 5.74) is 1.29. The van der Waals surface area contributed by atoms with Crippen LogP contribution in [-0.4, -0.2) is 57.4 Å². The van der Waals surface area contributed by atoms with Gasteiger partial charge in [0.15, 0.2) is 5.96 Å². The molecule has 2 rings (SSSR count). The molecular formula is C19H32IN3O2. The SMILES string of the molecule is CN=C(NCCc1ccc(OC(C)C)cc1)N(C)CC1CCOC1.I. The molecule has 1 saturated heterocycles. The van der Waals surface area contributed by atoms with Crippen LogP contribution in [0.5, 0.6) is 5.75 Å². The Morgan fingerprint density at radius 2 is 2.08 bits per heavy atom. The average Bonchev–Trinajstić information content (AvgIpc) is 3.05. The number of guanidine groups is 1. The monoisotopic (exact) mass is 461 g/mol. The molecule has 142 valence electrons. The van der Waals surface area contributed by atoms with Gasteiger partial charge >= 0.3 is 0 Å². The van der Waals surface area contributed by atoms with Gasteiger partial charge in [-0.15, -0.1) is 24.0 Å². The number of aliphatic imine (C=N–C) groups is 1. The minimum Gasteiger partial charge on any atom is -0.491 e. The maximum atomic E-state index is 5.67. The van der Waals surface area contributed by atoms with Crippen LogP contribution in [0.2, 0.25) is 0 Å². The third-order valence-corrected chi connectivity index (χ3v) is 4.12. The van der Waals surface area contributed by atoms with E-state index in [1.165, 1.54) is 5.56 Å². The summed E-state index contributed by atoms with van der Waals surface area (Å²) >= 11 is 0. The van der Waals surface area contributed by atoms with Crippen molar-refractivity contribution in [1.29, 1.82) is 0 Å². The normalized spacial score (nSPS) is 17.3. The van der Waals surface area contributed by atoms with E-state index >= 15 is 0 Å². The summed E-state index contributed by atoms with van der Waals surface area (Å²) in [5.74, 6) is 2.49. The predicted molar refractivity (Wildman–Crippen MR) is 114 cm³/mol. The maximum absolute atomic E-state index is 5.67. The van der Waals surface area contributed by atoms with Gasteiger partial charge in [0.05, 0.1) is 12.7 Å². The van der Waals surface area contributed by atoms with Crippen molar-refractivity contribution in [3.63, 3.8) is 0 Å².